The minimum Gasteiger partial charge on any atom is -0.493 e. The van der Waals surface area contributed by atoms with E-state index in [9.17, 15) is 41.4 Å². The molecule has 3 aromatic rings. The van der Waals surface area contributed by atoms with Crippen LogP contribution in [0.5, 0.6) is 11.5 Å². The van der Waals surface area contributed by atoms with Crippen molar-refractivity contribution < 1.29 is 50.8 Å². The minimum absolute atomic E-state index is 0.0222. The van der Waals surface area contributed by atoms with Crippen LogP contribution in [0.15, 0.2) is 48.5 Å². The summed E-state index contributed by atoms with van der Waals surface area (Å²) in [6, 6.07) is 10.7. The summed E-state index contributed by atoms with van der Waals surface area (Å²) >= 11 is 0. The predicted octanol–water partition coefficient (Wildman–Crippen LogP) is 7.41. The Bertz CT molecular complexity index is 1520. The maximum absolute atomic E-state index is 15.0. The summed E-state index contributed by atoms with van der Waals surface area (Å²) in [7, 11) is 0. The zero-order valence-corrected chi connectivity index (χ0v) is 23.4. The van der Waals surface area contributed by atoms with Crippen molar-refractivity contribution in [3.8, 4) is 22.6 Å². The number of fused-ring (bicyclic) bond motifs is 3. The summed E-state index contributed by atoms with van der Waals surface area (Å²) in [4.78, 5) is 11.5. The minimum atomic E-state index is -4.85. The second kappa shape index (κ2) is 11.4. The molecule has 5 rings (SSSR count). The summed E-state index contributed by atoms with van der Waals surface area (Å²) in [6.07, 6.45) is -7.02. The molecule has 0 amide bonds. The largest absolute Gasteiger partial charge is 0.493 e. The van der Waals surface area contributed by atoms with Crippen molar-refractivity contribution in [2.45, 2.75) is 63.8 Å². The summed E-state index contributed by atoms with van der Waals surface area (Å²) in [5.74, 6) is -1.57. The second-order valence-electron chi connectivity index (χ2n) is 11.3. The summed E-state index contributed by atoms with van der Waals surface area (Å²) in [5.41, 5.74) is -0.902. The molecule has 4 atom stereocenters. The predicted molar refractivity (Wildman–Crippen MR) is 145 cm³/mol. The van der Waals surface area contributed by atoms with Crippen molar-refractivity contribution in [3.63, 3.8) is 0 Å². The number of carboxylic acid groups (broad SMARTS) is 1. The smallest absolute Gasteiger partial charge is 0.417 e. The lowest BCUT2D eigenvalue weighted by atomic mass is 9.96. The molecule has 2 aliphatic rings. The molecule has 0 spiro atoms. The molecule has 230 valence electrons. The Morgan fingerprint density at radius 2 is 1.74 bits per heavy atom. The molecule has 5 nitrogen and oxygen atoms in total. The van der Waals surface area contributed by atoms with Gasteiger partial charge in [-0.05, 0) is 83.8 Å². The average Bonchev–Trinajstić information content (AvgIpc) is 3.54. The maximum Gasteiger partial charge on any atom is 0.417 e. The topological polar surface area (TPSA) is 76.0 Å². The molecule has 0 heterocycles. The van der Waals surface area contributed by atoms with E-state index in [1.165, 1.54) is 24.3 Å². The molecular weight excluding hydrogens is 578 g/mol. The number of halogens is 6. The quantitative estimate of drug-likeness (QED) is 0.222. The Morgan fingerprint density at radius 3 is 2.35 bits per heavy atom. The number of benzene rings is 3. The normalized spacial score (nSPS) is 20.4. The van der Waals surface area contributed by atoms with E-state index in [4.69, 9.17) is 9.47 Å². The van der Waals surface area contributed by atoms with E-state index in [1.54, 1.807) is 0 Å². The highest BCUT2D eigenvalue weighted by Crippen LogP contribution is 2.62. The van der Waals surface area contributed by atoms with Gasteiger partial charge in [0.1, 0.15) is 29.5 Å². The number of aryl methyl sites for hydroxylation is 1. The Hall–Kier alpha value is -3.73. The molecule has 0 radical (unpaired) electrons. The highest BCUT2D eigenvalue weighted by atomic mass is 19.4. The summed E-state index contributed by atoms with van der Waals surface area (Å²) in [5, 5.41) is 19.0. The van der Waals surface area contributed by atoms with Crippen molar-refractivity contribution in [1.29, 1.82) is 0 Å². The first kappa shape index (κ1) is 30.7. The molecule has 4 unspecified atom stereocenters. The van der Waals surface area contributed by atoms with Crippen molar-refractivity contribution in [1.82, 2.24) is 0 Å². The average molecular weight is 609 g/mol. The number of ether oxygens (including phenoxy) is 2. The van der Waals surface area contributed by atoms with Crippen LogP contribution in [0.3, 0.4) is 0 Å². The number of alkyl halides is 5. The Kier molecular flexibility index (Phi) is 8.15. The second-order valence-corrected chi connectivity index (χ2v) is 11.3. The fourth-order valence-electron chi connectivity index (χ4n) is 5.80. The number of rotatable bonds is 11. The Morgan fingerprint density at radius 1 is 1.05 bits per heavy atom. The van der Waals surface area contributed by atoms with Crippen molar-refractivity contribution in [2.24, 2.45) is 11.8 Å². The van der Waals surface area contributed by atoms with Gasteiger partial charge in [0.25, 0.3) is 6.43 Å². The van der Waals surface area contributed by atoms with Crippen LogP contribution in [-0.2, 0) is 30.4 Å². The molecule has 3 aromatic carbocycles. The van der Waals surface area contributed by atoms with Crippen molar-refractivity contribution in [2.75, 3.05) is 6.61 Å². The lowest BCUT2D eigenvalue weighted by Gasteiger charge is -2.22. The van der Waals surface area contributed by atoms with Gasteiger partial charge in [0.15, 0.2) is 0 Å². The van der Waals surface area contributed by atoms with E-state index in [-0.39, 0.29) is 59.8 Å². The van der Waals surface area contributed by atoms with Crippen LogP contribution in [0.25, 0.3) is 11.1 Å². The van der Waals surface area contributed by atoms with Gasteiger partial charge in [-0.1, -0.05) is 25.1 Å². The van der Waals surface area contributed by atoms with Gasteiger partial charge >= 0.3 is 12.1 Å². The molecule has 0 aromatic heterocycles. The van der Waals surface area contributed by atoms with E-state index in [0.29, 0.717) is 24.7 Å². The van der Waals surface area contributed by atoms with Crippen LogP contribution < -0.4 is 9.47 Å². The van der Waals surface area contributed by atoms with Gasteiger partial charge in [-0.3, -0.25) is 4.79 Å². The lowest BCUT2D eigenvalue weighted by molar-refractivity contribution is -0.139. The van der Waals surface area contributed by atoms with E-state index < -0.39 is 35.6 Å². The van der Waals surface area contributed by atoms with Gasteiger partial charge in [0.2, 0.25) is 0 Å². The maximum atomic E-state index is 15.0. The molecule has 11 heteroatoms. The SMILES string of the molecule is CCc1cc2c(cc1OCc1cc(-c3ccc(OCCC(C)(O)C(F)F)cc3)c(C(F)(F)F)cc1F)CC1C(C(=O)O)C21. The molecule has 1 saturated carbocycles. The van der Waals surface area contributed by atoms with Gasteiger partial charge < -0.3 is 19.7 Å². The first-order chi connectivity index (χ1) is 20.2. The molecule has 0 saturated heterocycles. The lowest BCUT2D eigenvalue weighted by Crippen LogP contribution is -2.35. The number of hydrogen-bond acceptors (Lipinski definition) is 4. The van der Waals surface area contributed by atoms with Gasteiger partial charge in [0, 0.05) is 17.9 Å². The fraction of sp³-hybridized carbons (Fsp3) is 0.406. The molecule has 0 bridgehead atoms. The monoisotopic (exact) mass is 608 g/mol. The third-order valence-electron chi connectivity index (χ3n) is 8.36. The van der Waals surface area contributed by atoms with Gasteiger partial charge in [-0.25, -0.2) is 13.2 Å². The highest BCUT2D eigenvalue weighted by Gasteiger charge is 2.59. The van der Waals surface area contributed by atoms with E-state index in [1.807, 2.05) is 19.1 Å². The highest BCUT2D eigenvalue weighted by molar-refractivity contribution is 5.78. The van der Waals surface area contributed by atoms with Gasteiger partial charge in [0.05, 0.1) is 18.1 Å². The zero-order valence-electron chi connectivity index (χ0n) is 23.4. The Balaban J connectivity index is 1.36. The van der Waals surface area contributed by atoms with Crippen LogP contribution in [0.2, 0.25) is 0 Å². The molecule has 2 N–H and O–H groups in total. The number of aliphatic carboxylic acids is 1. The van der Waals surface area contributed by atoms with Gasteiger partial charge in [-0.2, -0.15) is 13.2 Å². The van der Waals surface area contributed by atoms with E-state index in [0.717, 1.165) is 29.7 Å². The number of hydrogen-bond donors (Lipinski definition) is 2. The first-order valence-electron chi connectivity index (χ1n) is 13.9. The van der Waals surface area contributed by atoms with Crippen LogP contribution in [0.1, 0.15) is 54.0 Å². The summed E-state index contributed by atoms with van der Waals surface area (Å²) in [6.45, 7) is 2.30. The summed E-state index contributed by atoms with van der Waals surface area (Å²) < 4.78 is 93.7. The van der Waals surface area contributed by atoms with E-state index in [2.05, 4.69) is 0 Å². The third-order valence-corrected chi connectivity index (χ3v) is 8.36. The number of aliphatic hydroxyl groups is 1. The number of carbonyl (C=O) groups is 1. The van der Waals surface area contributed by atoms with Gasteiger partial charge in [-0.15, -0.1) is 0 Å². The standard InChI is InChI=1S/C32H30F6O5/c1-3-16-10-22-18(11-23-27(22)28(23)29(39)40)13-26(16)43-15-19-12-21(24(14-25(19)33)32(36,37)38)17-4-6-20(7-5-17)42-9-8-31(2,41)30(34)35/h4-7,10,12-14,23,27-28,30,41H,3,8-9,11,15H2,1-2H3,(H,39,40). The molecule has 2 aliphatic carbocycles. The first-order valence-corrected chi connectivity index (χ1v) is 13.9. The number of carboxylic acids is 1. The van der Waals surface area contributed by atoms with E-state index >= 15 is 0 Å². The van der Waals surface area contributed by atoms with Crippen LogP contribution >= 0.6 is 0 Å². The van der Waals surface area contributed by atoms with Crippen molar-refractivity contribution in [3.05, 3.63) is 82.2 Å². The molecule has 1 fully saturated rings. The molecule has 43 heavy (non-hydrogen) atoms. The molecule has 0 aliphatic heterocycles. The molecular formula is C32H30F6O5. The van der Waals surface area contributed by atoms with Crippen LogP contribution in [-0.4, -0.2) is 34.8 Å². The fourth-order valence-corrected chi connectivity index (χ4v) is 5.80. The van der Waals surface area contributed by atoms with Crippen LogP contribution in [0.4, 0.5) is 26.3 Å². The zero-order chi connectivity index (χ0) is 31.3. The third kappa shape index (κ3) is 6.18. The van der Waals surface area contributed by atoms with Crippen LogP contribution in [0, 0.1) is 17.7 Å². The Labute approximate surface area is 244 Å². The van der Waals surface area contributed by atoms with Crippen molar-refractivity contribution >= 4 is 5.97 Å².